The number of carbonyl (C=O) groups is 1. The maximum Gasteiger partial charge on any atom is 0.257 e. The number of aromatic nitrogens is 2. The van der Waals surface area contributed by atoms with Crippen molar-refractivity contribution in [3.8, 4) is 5.75 Å². The number of hydrogen-bond donors (Lipinski definition) is 0. The highest BCUT2D eigenvalue weighted by Gasteiger charge is 2.31. The lowest BCUT2D eigenvalue weighted by atomic mass is 10.1. The van der Waals surface area contributed by atoms with Crippen molar-refractivity contribution >= 4 is 5.91 Å². The molecule has 24 heavy (non-hydrogen) atoms. The highest BCUT2D eigenvalue weighted by atomic mass is 16.5. The molecule has 2 aliphatic rings. The van der Waals surface area contributed by atoms with Crippen molar-refractivity contribution in [1.82, 2.24) is 14.7 Å². The van der Waals surface area contributed by atoms with Crippen LogP contribution in [-0.4, -0.2) is 39.8 Å². The van der Waals surface area contributed by atoms with E-state index in [1.54, 1.807) is 6.20 Å². The van der Waals surface area contributed by atoms with Crippen LogP contribution >= 0.6 is 0 Å². The number of ether oxygens (including phenoxy) is 1. The third kappa shape index (κ3) is 3.30. The number of para-hydroxylation sites is 1. The van der Waals surface area contributed by atoms with E-state index in [9.17, 15) is 4.79 Å². The van der Waals surface area contributed by atoms with Gasteiger partial charge in [0.05, 0.1) is 24.8 Å². The van der Waals surface area contributed by atoms with Gasteiger partial charge < -0.3 is 9.64 Å². The molecule has 0 unspecified atom stereocenters. The number of carbonyl (C=O) groups excluding carboxylic acids is 1. The van der Waals surface area contributed by atoms with Crippen molar-refractivity contribution in [2.75, 3.05) is 13.2 Å². The molecule has 1 atom stereocenters. The summed E-state index contributed by atoms with van der Waals surface area (Å²) in [5.41, 5.74) is 0.686. The van der Waals surface area contributed by atoms with Crippen molar-refractivity contribution in [1.29, 1.82) is 0 Å². The molecule has 0 radical (unpaired) electrons. The van der Waals surface area contributed by atoms with Crippen molar-refractivity contribution in [2.45, 2.75) is 38.3 Å². The second-order valence-electron chi connectivity index (χ2n) is 6.77. The van der Waals surface area contributed by atoms with E-state index >= 15 is 0 Å². The molecule has 1 aromatic carbocycles. The molecule has 5 nitrogen and oxygen atoms in total. The molecule has 1 aliphatic carbocycles. The van der Waals surface area contributed by atoms with Gasteiger partial charge in [-0.15, -0.1) is 0 Å². The molecular formula is C19H23N3O2. The Labute approximate surface area is 142 Å². The Morgan fingerprint density at radius 2 is 2.08 bits per heavy atom. The monoisotopic (exact) mass is 325 g/mol. The molecule has 2 heterocycles. The van der Waals surface area contributed by atoms with Crippen LogP contribution in [-0.2, 0) is 6.54 Å². The molecule has 1 aromatic heterocycles. The normalized spacial score (nSPS) is 20.3. The van der Waals surface area contributed by atoms with Crippen molar-refractivity contribution in [2.24, 2.45) is 5.92 Å². The van der Waals surface area contributed by atoms with Gasteiger partial charge in [0.15, 0.2) is 0 Å². The standard InChI is InChI=1S/C19H23N3O2/c23-19(17-6-1-2-7-18(17)24-14-15-8-9-15)22-12-3-5-16(22)13-21-11-4-10-20-21/h1-2,4,6-7,10-11,15-16H,3,5,8-9,12-14H2/t16-/m0/s1. The van der Waals surface area contributed by atoms with Gasteiger partial charge in [-0.1, -0.05) is 12.1 Å². The van der Waals surface area contributed by atoms with Gasteiger partial charge in [0, 0.05) is 18.9 Å². The van der Waals surface area contributed by atoms with Gasteiger partial charge in [0.2, 0.25) is 0 Å². The van der Waals surface area contributed by atoms with Crippen LogP contribution in [0.2, 0.25) is 0 Å². The lowest BCUT2D eigenvalue weighted by Gasteiger charge is -2.25. The molecule has 126 valence electrons. The summed E-state index contributed by atoms with van der Waals surface area (Å²) in [6.07, 6.45) is 8.29. The third-order valence-electron chi connectivity index (χ3n) is 4.88. The molecule has 1 saturated carbocycles. The average Bonchev–Trinajstić information content (AvgIpc) is 3.08. The van der Waals surface area contributed by atoms with Gasteiger partial charge in [-0.05, 0) is 49.8 Å². The maximum absolute atomic E-state index is 13.1. The molecule has 1 aliphatic heterocycles. The van der Waals surface area contributed by atoms with E-state index in [-0.39, 0.29) is 11.9 Å². The fourth-order valence-electron chi connectivity index (χ4n) is 3.33. The van der Waals surface area contributed by atoms with E-state index in [4.69, 9.17) is 4.74 Å². The van der Waals surface area contributed by atoms with Crippen LogP contribution in [0.4, 0.5) is 0 Å². The van der Waals surface area contributed by atoms with E-state index in [2.05, 4.69) is 5.10 Å². The largest absolute Gasteiger partial charge is 0.492 e. The Hall–Kier alpha value is -2.30. The molecule has 1 saturated heterocycles. The van der Waals surface area contributed by atoms with Gasteiger partial charge in [-0.2, -0.15) is 5.10 Å². The molecule has 2 fully saturated rings. The zero-order valence-electron chi connectivity index (χ0n) is 13.8. The van der Waals surface area contributed by atoms with Crippen LogP contribution in [0.5, 0.6) is 5.75 Å². The smallest absolute Gasteiger partial charge is 0.257 e. The first kappa shape index (κ1) is 15.2. The van der Waals surface area contributed by atoms with Crippen LogP contribution in [0.15, 0.2) is 42.7 Å². The number of likely N-dealkylation sites (tertiary alicyclic amines) is 1. The first-order valence-electron chi connectivity index (χ1n) is 8.81. The number of amides is 1. The van der Waals surface area contributed by atoms with Gasteiger partial charge >= 0.3 is 0 Å². The van der Waals surface area contributed by atoms with Crippen LogP contribution in [0.3, 0.4) is 0 Å². The molecule has 5 heteroatoms. The van der Waals surface area contributed by atoms with Crippen LogP contribution in [0, 0.1) is 5.92 Å². The first-order chi connectivity index (χ1) is 11.8. The van der Waals surface area contributed by atoms with E-state index in [1.807, 2.05) is 46.1 Å². The quantitative estimate of drug-likeness (QED) is 0.820. The Bertz CT molecular complexity index is 694. The summed E-state index contributed by atoms with van der Waals surface area (Å²) in [6, 6.07) is 9.76. The third-order valence-corrected chi connectivity index (χ3v) is 4.88. The minimum atomic E-state index is 0.0797. The van der Waals surface area contributed by atoms with Gasteiger partial charge in [0.1, 0.15) is 5.75 Å². The highest BCUT2D eigenvalue weighted by Crippen LogP contribution is 2.31. The van der Waals surface area contributed by atoms with Crippen LogP contribution < -0.4 is 4.74 Å². The van der Waals surface area contributed by atoms with E-state index < -0.39 is 0 Å². The predicted octanol–water partition coefficient (Wildman–Crippen LogP) is 2.98. The molecule has 4 rings (SSSR count). The lowest BCUT2D eigenvalue weighted by Crippen LogP contribution is -2.38. The Morgan fingerprint density at radius 1 is 1.21 bits per heavy atom. The van der Waals surface area contributed by atoms with Crippen molar-refractivity contribution in [3.63, 3.8) is 0 Å². The second kappa shape index (κ2) is 6.67. The second-order valence-corrected chi connectivity index (χ2v) is 6.77. The molecular weight excluding hydrogens is 302 g/mol. The number of benzene rings is 1. The molecule has 0 spiro atoms. The SMILES string of the molecule is O=C(c1ccccc1OCC1CC1)N1CCC[C@H]1Cn1cccn1. The summed E-state index contributed by atoms with van der Waals surface area (Å²) < 4.78 is 7.83. The van der Waals surface area contributed by atoms with Gasteiger partial charge in [-0.3, -0.25) is 9.48 Å². The molecule has 2 aromatic rings. The number of rotatable bonds is 6. The van der Waals surface area contributed by atoms with Gasteiger partial charge in [0.25, 0.3) is 5.91 Å². The summed E-state index contributed by atoms with van der Waals surface area (Å²) in [5, 5.41) is 4.27. The Morgan fingerprint density at radius 3 is 2.88 bits per heavy atom. The summed E-state index contributed by atoms with van der Waals surface area (Å²) in [4.78, 5) is 15.1. The first-order valence-corrected chi connectivity index (χ1v) is 8.81. The highest BCUT2D eigenvalue weighted by molar-refractivity contribution is 5.97. The number of nitrogens with zero attached hydrogens (tertiary/aromatic N) is 3. The van der Waals surface area contributed by atoms with Crippen LogP contribution in [0.25, 0.3) is 0 Å². The molecule has 1 amide bonds. The molecule has 0 N–H and O–H groups in total. The summed E-state index contributed by atoms with van der Waals surface area (Å²) in [6.45, 7) is 2.28. The van der Waals surface area contributed by atoms with E-state index in [1.165, 1.54) is 12.8 Å². The minimum Gasteiger partial charge on any atom is -0.492 e. The van der Waals surface area contributed by atoms with Crippen LogP contribution in [0.1, 0.15) is 36.0 Å². The Balaban J connectivity index is 1.49. The Kier molecular flexibility index (Phi) is 4.24. The van der Waals surface area contributed by atoms with Crippen molar-refractivity contribution < 1.29 is 9.53 Å². The summed E-state index contributed by atoms with van der Waals surface area (Å²) >= 11 is 0. The topological polar surface area (TPSA) is 47.4 Å². The summed E-state index contributed by atoms with van der Waals surface area (Å²) in [5.74, 6) is 1.47. The maximum atomic E-state index is 13.1. The van der Waals surface area contributed by atoms with Gasteiger partial charge in [-0.25, -0.2) is 0 Å². The molecule has 0 bridgehead atoms. The fraction of sp³-hybridized carbons (Fsp3) is 0.474. The van der Waals surface area contributed by atoms with E-state index in [0.717, 1.165) is 38.3 Å². The predicted molar refractivity (Wildman–Crippen MR) is 90.9 cm³/mol. The minimum absolute atomic E-state index is 0.0797. The fourth-order valence-corrected chi connectivity index (χ4v) is 3.33. The lowest BCUT2D eigenvalue weighted by molar-refractivity contribution is 0.0717. The average molecular weight is 325 g/mol. The van der Waals surface area contributed by atoms with Crippen molar-refractivity contribution in [3.05, 3.63) is 48.3 Å². The van der Waals surface area contributed by atoms with E-state index in [0.29, 0.717) is 11.5 Å². The summed E-state index contributed by atoms with van der Waals surface area (Å²) in [7, 11) is 0. The number of hydrogen-bond acceptors (Lipinski definition) is 3. The zero-order chi connectivity index (χ0) is 16.4. The zero-order valence-corrected chi connectivity index (χ0v) is 13.8.